The Morgan fingerprint density at radius 2 is 1.95 bits per heavy atom. The molecule has 0 bridgehead atoms. The van der Waals surface area contributed by atoms with Gasteiger partial charge in [0.25, 0.3) is 0 Å². The van der Waals surface area contributed by atoms with Gasteiger partial charge in [-0.25, -0.2) is 13.1 Å². The minimum Gasteiger partial charge on any atom is -0.385 e. The van der Waals surface area contributed by atoms with Crippen LogP contribution in [0.4, 0.5) is 5.69 Å². The largest absolute Gasteiger partial charge is 0.385 e. The molecule has 7 nitrogen and oxygen atoms in total. The maximum absolute atomic E-state index is 12.1. The molecular weight excluding hydrogens is 292 g/mol. The summed E-state index contributed by atoms with van der Waals surface area (Å²) >= 11 is 0. The second-order valence-electron chi connectivity index (χ2n) is 4.45. The molecule has 21 heavy (non-hydrogen) atoms. The van der Waals surface area contributed by atoms with E-state index in [2.05, 4.69) is 31.6 Å². The van der Waals surface area contributed by atoms with E-state index < -0.39 is 10.0 Å². The maximum Gasteiger partial charge on any atom is 0.240 e. The van der Waals surface area contributed by atoms with Crippen molar-refractivity contribution >= 4 is 15.7 Å². The highest BCUT2D eigenvalue weighted by atomic mass is 32.2. The van der Waals surface area contributed by atoms with Gasteiger partial charge < -0.3 is 9.84 Å². The average Bonchev–Trinajstić information content (AvgIpc) is 2.98. The smallest absolute Gasteiger partial charge is 0.240 e. The van der Waals surface area contributed by atoms with Gasteiger partial charge in [-0.2, -0.15) is 4.98 Å². The molecule has 0 aliphatic carbocycles. The highest BCUT2D eigenvalue weighted by molar-refractivity contribution is 7.89. The third-order valence-corrected chi connectivity index (χ3v) is 4.27. The third kappa shape index (κ3) is 4.54. The molecular formula is C13H18N4O3S. The number of sulfonamides is 1. The highest BCUT2D eigenvalue weighted by Gasteiger charge is 2.13. The topological polar surface area (TPSA) is 97.1 Å². The Kier molecular flexibility index (Phi) is 5.29. The lowest BCUT2D eigenvalue weighted by atomic mass is 10.3. The number of anilines is 1. The maximum atomic E-state index is 12.1. The first kappa shape index (κ1) is 15.5. The molecule has 8 heteroatoms. The lowest BCUT2D eigenvalue weighted by Gasteiger charge is -2.08. The van der Waals surface area contributed by atoms with E-state index in [4.69, 9.17) is 0 Å². The lowest BCUT2D eigenvalue weighted by Crippen LogP contribution is -2.26. The Labute approximate surface area is 123 Å². The molecule has 1 heterocycles. The molecule has 1 aromatic heterocycles. The Bertz CT molecular complexity index is 639. The normalized spacial score (nSPS) is 11.5. The van der Waals surface area contributed by atoms with Crippen molar-refractivity contribution in [2.24, 2.45) is 0 Å². The summed E-state index contributed by atoms with van der Waals surface area (Å²) in [5.41, 5.74) is 0.905. The second kappa shape index (κ2) is 7.19. The van der Waals surface area contributed by atoms with E-state index in [1.165, 1.54) is 6.39 Å². The fraction of sp³-hybridized carbons (Fsp3) is 0.385. The first-order chi connectivity index (χ1) is 10.1. The molecule has 2 rings (SSSR count). The summed E-state index contributed by atoms with van der Waals surface area (Å²) in [6.45, 7) is 3.15. The lowest BCUT2D eigenvalue weighted by molar-refractivity contribution is 0.410. The van der Waals surface area contributed by atoms with Crippen molar-refractivity contribution in [3.05, 3.63) is 36.5 Å². The van der Waals surface area contributed by atoms with Crippen LogP contribution in [0.15, 0.2) is 40.1 Å². The summed E-state index contributed by atoms with van der Waals surface area (Å²) in [6, 6.07) is 6.66. The molecule has 0 aliphatic rings. The number of hydrogen-bond acceptors (Lipinski definition) is 6. The average molecular weight is 310 g/mol. The van der Waals surface area contributed by atoms with Gasteiger partial charge in [0.1, 0.15) is 0 Å². The van der Waals surface area contributed by atoms with E-state index in [0.717, 1.165) is 18.7 Å². The van der Waals surface area contributed by atoms with Gasteiger partial charge in [0.15, 0.2) is 5.82 Å². The molecule has 2 aromatic rings. The van der Waals surface area contributed by atoms with Crippen molar-refractivity contribution in [1.82, 2.24) is 14.9 Å². The third-order valence-electron chi connectivity index (χ3n) is 2.79. The summed E-state index contributed by atoms with van der Waals surface area (Å²) in [5.74, 6) is 0.469. The van der Waals surface area contributed by atoms with Crippen molar-refractivity contribution < 1.29 is 12.9 Å². The van der Waals surface area contributed by atoms with Crippen LogP contribution in [0.2, 0.25) is 0 Å². The number of nitrogens with zero attached hydrogens (tertiary/aromatic N) is 2. The summed E-state index contributed by atoms with van der Waals surface area (Å²) in [4.78, 5) is 4.06. The minimum absolute atomic E-state index is 0.220. The van der Waals surface area contributed by atoms with E-state index in [0.29, 0.717) is 12.2 Å². The first-order valence-electron chi connectivity index (χ1n) is 6.70. The molecule has 0 aliphatic heterocycles. The first-order valence-corrected chi connectivity index (χ1v) is 8.19. The molecule has 114 valence electrons. The fourth-order valence-electron chi connectivity index (χ4n) is 1.70. The van der Waals surface area contributed by atoms with E-state index in [1.807, 2.05) is 0 Å². The van der Waals surface area contributed by atoms with Gasteiger partial charge in [-0.1, -0.05) is 12.1 Å². The van der Waals surface area contributed by atoms with E-state index >= 15 is 0 Å². The summed E-state index contributed by atoms with van der Waals surface area (Å²) in [7, 11) is -3.51. The Balaban J connectivity index is 1.92. The number of hydrogen-bond donors (Lipinski definition) is 2. The van der Waals surface area contributed by atoms with Crippen molar-refractivity contribution in [1.29, 1.82) is 0 Å². The van der Waals surface area contributed by atoms with Crippen molar-refractivity contribution in [3.8, 4) is 0 Å². The van der Waals surface area contributed by atoms with Crippen molar-refractivity contribution in [2.75, 3.05) is 18.4 Å². The van der Waals surface area contributed by atoms with Crippen LogP contribution in [-0.4, -0.2) is 31.6 Å². The van der Waals surface area contributed by atoms with Gasteiger partial charge in [-0.05, 0) is 30.7 Å². The molecule has 1 aromatic carbocycles. The zero-order valence-electron chi connectivity index (χ0n) is 11.7. The van der Waals surface area contributed by atoms with Crippen molar-refractivity contribution in [2.45, 2.75) is 24.7 Å². The van der Waals surface area contributed by atoms with Crippen LogP contribution < -0.4 is 10.0 Å². The second-order valence-corrected chi connectivity index (χ2v) is 6.21. The van der Waals surface area contributed by atoms with Crippen LogP contribution in [0.25, 0.3) is 0 Å². The van der Waals surface area contributed by atoms with Crippen LogP contribution >= 0.6 is 0 Å². The summed E-state index contributed by atoms with van der Waals surface area (Å²) < 4.78 is 31.3. The van der Waals surface area contributed by atoms with Crippen LogP contribution in [0, 0.1) is 0 Å². The van der Waals surface area contributed by atoms with E-state index in [-0.39, 0.29) is 11.4 Å². The predicted octanol–water partition coefficient (Wildman–Crippen LogP) is 1.41. The Hall–Kier alpha value is -1.93. The number of benzene rings is 1. The van der Waals surface area contributed by atoms with Gasteiger partial charge in [0.2, 0.25) is 16.4 Å². The molecule has 0 unspecified atom stereocenters. The molecule has 0 saturated heterocycles. The van der Waals surface area contributed by atoms with Gasteiger partial charge >= 0.3 is 0 Å². The molecule has 0 radical (unpaired) electrons. The van der Waals surface area contributed by atoms with Crippen LogP contribution in [-0.2, 0) is 16.4 Å². The number of rotatable bonds is 8. The Morgan fingerprint density at radius 3 is 2.57 bits per heavy atom. The fourth-order valence-corrected chi connectivity index (χ4v) is 2.74. The van der Waals surface area contributed by atoms with E-state index in [1.54, 1.807) is 24.3 Å². The van der Waals surface area contributed by atoms with Crippen LogP contribution in [0.5, 0.6) is 0 Å². The zero-order chi connectivity index (χ0) is 15.1. The molecule has 0 amide bonds. The summed E-state index contributed by atoms with van der Waals surface area (Å²) in [6.07, 6.45) is 2.61. The number of aromatic nitrogens is 2. The predicted molar refractivity (Wildman–Crippen MR) is 78.4 cm³/mol. The van der Waals surface area contributed by atoms with Gasteiger partial charge in [0.05, 0.1) is 4.90 Å². The Morgan fingerprint density at radius 1 is 1.19 bits per heavy atom. The molecule has 0 spiro atoms. The quantitative estimate of drug-likeness (QED) is 0.765. The monoisotopic (exact) mass is 310 g/mol. The number of nitrogens with one attached hydrogen (secondary N) is 2. The standard InChI is InChI=1S/C13H18N4O3S/c1-2-8-14-11-3-5-12(6-4-11)21(18,19)16-9-7-13-15-10-20-17-13/h3-6,10,14,16H,2,7-9H2,1H3. The zero-order valence-corrected chi connectivity index (χ0v) is 12.6. The highest BCUT2D eigenvalue weighted by Crippen LogP contribution is 2.13. The molecule has 0 atom stereocenters. The minimum atomic E-state index is -3.51. The van der Waals surface area contributed by atoms with Crippen LogP contribution in [0.3, 0.4) is 0 Å². The van der Waals surface area contributed by atoms with E-state index in [9.17, 15) is 8.42 Å². The van der Waals surface area contributed by atoms with Gasteiger partial charge in [0, 0.05) is 25.2 Å². The molecule has 2 N–H and O–H groups in total. The van der Waals surface area contributed by atoms with Crippen LogP contribution in [0.1, 0.15) is 19.2 Å². The van der Waals surface area contributed by atoms with Crippen molar-refractivity contribution in [3.63, 3.8) is 0 Å². The SMILES string of the molecule is CCCNc1ccc(S(=O)(=O)NCCc2ncon2)cc1. The van der Waals surface area contributed by atoms with Gasteiger partial charge in [-0.15, -0.1) is 0 Å². The summed E-state index contributed by atoms with van der Waals surface area (Å²) in [5, 5.41) is 6.81. The molecule has 0 saturated carbocycles. The molecule has 0 fully saturated rings. The van der Waals surface area contributed by atoms with Gasteiger partial charge in [-0.3, -0.25) is 0 Å².